The molecule has 1 aromatic carbocycles. The summed E-state index contributed by atoms with van der Waals surface area (Å²) in [6.07, 6.45) is 0.676. The van der Waals surface area contributed by atoms with Crippen LogP contribution in [-0.2, 0) is 4.74 Å². The van der Waals surface area contributed by atoms with Gasteiger partial charge in [0.15, 0.2) is 5.78 Å². The summed E-state index contributed by atoms with van der Waals surface area (Å²) in [5, 5.41) is 0. The van der Waals surface area contributed by atoms with Gasteiger partial charge in [-0.05, 0) is 39.3 Å². The van der Waals surface area contributed by atoms with Gasteiger partial charge in [-0.15, -0.1) is 0 Å². The summed E-state index contributed by atoms with van der Waals surface area (Å²) < 4.78 is 5.33. The number of carbonyl (C=O) groups excluding carboxylic acids is 1. The molecule has 0 heterocycles. The highest BCUT2D eigenvalue weighted by atomic mass is 16.5. The molecule has 2 nitrogen and oxygen atoms in total. The van der Waals surface area contributed by atoms with Gasteiger partial charge in [-0.2, -0.15) is 0 Å². The molecular formula is C14H20O2. The number of benzene rings is 1. The van der Waals surface area contributed by atoms with Crippen LogP contribution in [0.2, 0.25) is 0 Å². The summed E-state index contributed by atoms with van der Waals surface area (Å²) >= 11 is 0. The molecule has 0 aliphatic heterocycles. The van der Waals surface area contributed by atoms with E-state index in [0.717, 1.165) is 16.7 Å². The van der Waals surface area contributed by atoms with Crippen LogP contribution in [0.25, 0.3) is 0 Å². The van der Waals surface area contributed by atoms with Gasteiger partial charge in [0.2, 0.25) is 0 Å². The van der Waals surface area contributed by atoms with Crippen molar-refractivity contribution in [1.82, 2.24) is 0 Å². The van der Waals surface area contributed by atoms with Gasteiger partial charge in [-0.25, -0.2) is 0 Å². The van der Waals surface area contributed by atoms with Crippen LogP contribution in [0.15, 0.2) is 18.2 Å². The van der Waals surface area contributed by atoms with E-state index in [9.17, 15) is 4.79 Å². The molecule has 0 saturated heterocycles. The molecule has 0 bridgehead atoms. The lowest BCUT2D eigenvalue weighted by Gasteiger charge is -2.25. The number of ketones is 1. The molecule has 0 radical (unpaired) electrons. The van der Waals surface area contributed by atoms with Gasteiger partial charge in [-0.3, -0.25) is 4.79 Å². The monoisotopic (exact) mass is 220 g/mol. The molecule has 0 N–H and O–H groups in total. The Morgan fingerprint density at radius 2 is 1.75 bits per heavy atom. The fourth-order valence-corrected chi connectivity index (χ4v) is 1.81. The Balaban J connectivity index is 3.13. The molecular weight excluding hydrogens is 200 g/mol. The van der Waals surface area contributed by atoms with Gasteiger partial charge >= 0.3 is 0 Å². The predicted octanol–water partition coefficient (Wildman–Crippen LogP) is 3.30. The third-order valence-electron chi connectivity index (χ3n) is 3.09. The standard InChI is InChI=1S/C14H20O2/c1-6-14(4,16-5)13(15)12-8-10(2)7-11(3)9-12/h7-9H,6H2,1-5H3. The fraction of sp³-hybridized carbons (Fsp3) is 0.500. The average Bonchev–Trinajstić information content (AvgIpc) is 2.25. The van der Waals surface area contributed by atoms with Crippen molar-refractivity contribution in [1.29, 1.82) is 0 Å². The molecule has 0 aliphatic rings. The number of rotatable bonds is 4. The molecule has 16 heavy (non-hydrogen) atoms. The van der Waals surface area contributed by atoms with Crippen LogP contribution in [0.5, 0.6) is 0 Å². The van der Waals surface area contributed by atoms with Crippen LogP contribution in [0.1, 0.15) is 41.8 Å². The van der Waals surface area contributed by atoms with Crippen LogP contribution >= 0.6 is 0 Å². The summed E-state index contributed by atoms with van der Waals surface area (Å²) in [5.41, 5.74) is 2.25. The summed E-state index contributed by atoms with van der Waals surface area (Å²) in [6.45, 7) is 7.80. The Labute approximate surface area is 97.6 Å². The number of Topliss-reactive ketones (excluding diaryl/α,β-unsaturated/α-hetero) is 1. The SMILES string of the molecule is CCC(C)(OC)C(=O)c1cc(C)cc(C)c1. The van der Waals surface area contributed by atoms with Gasteiger partial charge in [0.25, 0.3) is 0 Å². The zero-order valence-electron chi connectivity index (χ0n) is 10.8. The minimum Gasteiger partial charge on any atom is -0.370 e. The number of aryl methyl sites for hydroxylation is 2. The number of hydrogen-bond donors (Lipinski definition) is 0. The van der Waals surface area contributed by atoms with E-state index in [1.54, 1.807) is 7.11 Å². The van der Waals surface area contributed by atoms with Crippen molar-refractivity contribution in [2.24, 2.45) is 0 Å². The van der Waals surface area contributed by atoms with E-state index in [1.165, 1.54) is 0 Å². The molecule has 0 fully saturated rings. The average molecular weight is 220 g/mol. The second-order valence-corrected chi connectivity index (χ2v) is 4.49. The molecule has 1 aromatic rings. The molecule has 0 aromatic heterocycles. The summed E-state index contributed by atoms with van der Waals surface area (Å²) in [7, 11) is 1.59. The first kappa shape index (κ1) is 12.9. The van der Waals surface area contributed by atoms with Crippen LogP contribution in [0.3, 0.4) is 0 Å². The predicted molar refractivity (Wildman–Crippen MR) is 66.0 cm³/mol. The molecule has 2 heteroatoms. The van der Waals surface area contributed by atoms with E-state index in [0.29, 0.717) is 6.42 Å². The highest BCUT2D eigenvalue weighted by Crippen LogP contribution is 2.22. The van der Waals surface area contributed by atoms with E-state index in [1.807, 2.05) is 39.8 Å². The third kappa shape index (κ3) is 2.50. The maximum absolute atomic E-state index is 12.3. The van der Waals surface area contributed by atoms with Gasteiger partial charge in [-0.1, -0.05) is 24.1 Å². The van der Waals surface area contributed by atoms with Crippen molar-refractivity contribution in [3.63, 3.8) is 0 Å². The highest BCUT2D eigenvalue weighted by molar-refractivity contribution is 6.02. The van der Waals surface area contributed by atoms with Crippen LogP contribution in [-0.4, -0.2) is 18.5 Å². The first-order valence-electron chi connectivity index (χ1n) is 5.61. The fourth-order valence-electron chi connectivity index (χ4n) is 1.81. The van der Waals surface area contributed by atoms with E-state index >= 15 is 0 Å². The Morgan fingerprint density at radius 1 is 1.25 bits per heavy atom. The first-order chi connectivity index (χ1) is 7.42. The summed E-state index contributed by atoms with van der Waals surface area (Å²) in [6, 6.07) is 5.90. The zero-order chi connectivity index (χ0) is 12.3. The first-order valence-corrected chi connectivity index (χ1v) is 5.61. The minimum atomic E-state index is -0.708. The van der Waals surface area contributed by atoms with Crippen molar-refractivity contribution in [2.75, 3.05) is 7.11 Å². The minimum absolute atomic E-state index is 0.0595. The number of ether oxygens (including phenoxy) is 1. The quantitative estimate of drug-likeness (QED) is 0.728. The van der Waals surface area contributed by atoms with Gasteiger partial charge < -0.3 is 4.74 Å². The molecule has 0 aliphatic carbocycles. The molecule has 1 rings (SSSR count). The lowest BCUT2D eigenvalue weighted by atomic mass is 9.90. The van der Waals surface area contributed by atoms with E-state index in [4.69, 9.17) is 4.74 Å². The summed E-state index contributed by atoms with van der Waals surface area (Å²) in [4.78, 5) is 12.3. The smallest absolute Gasteiger partial charge is 0.194 e. The lowest BCUT2D eigenvalue weighted by molar-refractivity contribution is 0.0106. The highest BCUT2D eigenvalue weighted by Gasteiger charge is 2.31. The Morgan fingerprint density at radius 3 is 2.12 bits per heavy atom. The normalized spacial score (nSPS) is 14.6. The molecule has 1 unspecified atom stereocenters. The van der Waals surface area contributed by atoms with Crippen LogP contribution in [0.4, 0.5) is 0 Å². The maximum Gasteiger partial charge on any atom is 0.194 e. The Bertz CT molecular complexity index is 369. The number of carbonyl (C=O) groups is 1. The van der Waals surface area contributed by atoms with Crippen molar-refractivity contribution < 1.29 is 9.53 Å². The molecule has 0 saturated carbocycles. The van der Waals surface area contributed by atoms with Gasteiger partial charge in [0.05, 0.1) is 0 Å². The lowest BCUT2D eigenvalue weighted by Crippen LogP contribution is -2.36. The largest absolute Gasteiger partial charge is 0.370 e. The number of methoxy groups -OCH3 is 1. The molecule has 88 valence electrons. The second-order valence-electron chi connectivity index (χ2n) is 4.49. The maximum atomic E-state index is 12.3. The zero-order valence-corrected chi connectivity index (χ0v) is 10.8. The molecule has 0 spiro atoms. The third-order valence-corrected chi connectivity index (χ3v) is 3.09. The van der Waals surface area contributed by atoms with Gasteiger partial charge in [0, 0.05) is 12.7 Å². The molecule has 0 amide bonds. The van der Waals surface area contributed by atoms with Crippen molar-refractivity contribution in [2.45, 2.75) is 39.7 Å². The van der Waals surface area contributed by atoms with E-state index in [2.05, 4.69) is 6.07 Å². The van der Waals surface area contributed by atoms with Crippen molar-refractivity contribution in [3.8, 4) is 0 Å². The van der Waals surface area contributed by atoms with Gasteiger partial charge in [0.1, 0.15) is 5.60 Å². The van der Waals surface area contributed by atoms with Crippen LogP contribution in [0, 0.1) is 13.8 Å². The van der Waals surface area contributed by atoms with Crippen molar-refractivity contribution >= 4 is 5.78 Å². The Kier molecular flexibility index (Phi) is 3.87. The van der Waals surface area contributed by atoms with Crippen LogP contribution < -0.4 is 0 Å². The second kappa shape index (κ2) is 4.79. The number of hydrogen-bond acceptors (Lipinski definition) is 2. The van der Waals surface area contributed by atoms with E-state index in [-0.39, 0.29) is 5.78 Å². The molecule has 1 atom stereocenters. The Hall–Kier alpha value is -1.15. The topological polar surface area (TPSA) is 26.3 Å². The van der Waals surface area contributed by atoms with E-state index < -0.39 is 5.60 Å². The van der Waals surface area contributed by atoms with Crippen molar-refractivity contribution in [3.05, 3.63) is 34.9 Å². The summed E-state index contributed by atoms with van der Waals surface area (Å²) in [5.74, 6) is 0.0595.